The molecule has 0 aromatic carbocycles. The summed E-state index contributed by atoms with van der Waals surface area (Å²) in [6.07, 6.45) is 1.67. The number of imidazole rings is 1. The van der Waals surface area contributed by atoms with Crippen molar-refractivity contribution in [3.05, 3.63) is 16.8 Å². The van der Waals surface area contributed by atoms with Crippen LogP contribution in [0.4, 0.5) is 0 Å². The Kier molecular flexibility index (Phi) is 6.28. The molecule has 0 saturated carbocycles. The first-order chi connectivity index (χ1) is 10.8. The van der Waals surface area contributed by atoms with Crippen molar-refractivity contribution in [1.82, 2.24) is 19.5 Å². The molecular weight excluding hydrogens is 386 g/mol. The number of carbonyl (C=O) groups is 2. The van der Waals surface area contributed by atoms with Gasteiger partial charge in [0, 0.05) is 20.4 Å². The van der Waals surface area contributed by atoms with Crippen LogP contribution >= 0.6 is 23.2 Å². The number of halogens is 2. The fraction of sp³-hybridized carbons (Fsp3) is 0.462. The third-order valence-corrected chi connectivity index (χ3v) is 3.75. The molecule has 3 rings (SSSR count). The van der Waals surface area contributed by atoms with E-state index in [0.29, 0.717) is 11.2 Å². The van der Waals surface area contributed by atoms with Crippen molar-refractivity contribution in [1.29, 1.82) is 0 Å². The maximum Gasteiger partial charge on any atom is 1.00 e. The van der Waals surface area contributed by atoms with Crippen LogP contribution in [-0.2, 0) is 25.6 Å². The molecule has 124 valence electrons. The van der Waals surface area contributed by atoms with Crippen LogP contribution in [0.25, 0.3) is 11.2 Å². The Hall–Kier alpha value is -0.294. The zero-order chi connectivity index (χ0) is 16.8. The van der Waals surface area contributed by atoms with Crippen LogP contribution in [0.3, 0.4) is 0 Å². The molecule has 0 radical (unpaired) electrons. The zero-order valence-electron chi connectivity index (χ0n) is 14.2. The van der Waals surface area contributed by atoms with Gasteiger partial charge in [0.15, 0.2) is 16.7 Å². The van der Waals surface area contributed by atoms with Crippen molar-refractivity contribution < 1.29 is 71.9 Å². The SMILES string of the molecule is CC1(C)OC(=O)C(CCn2cnc3c(Cl)nc(Cl)nc32)C(=O)O1.[H-].[K+]. The minimum Gasteiger partial charge on any atom is -1.00 e. The van der Waals surface area contributed by atoms with Crippen molar-refractivity contribution >= 4 is 46.3 Å². The van der Waals surface area contributed by atoms with E-state index in [1.807, 2.05) is 0 Å². The largest absolute Gasteiger partial charge is 1.00 e. The fourth-order valence-corrected chi connectivity index (χ4v) is 2.72. The van der Waals surface area contributed by atoms with Crippen LogP contribution in [0.5, 0.6) is 0 Å². The van der Waals surface area contributed by atoms with E-state index in [1.165, 1.54) is 20.2 Å². The summed E-state index contributed by atoms with van der Waals surface area (Å²) in [6, 6.07) is 0. The molecule has 8 nitrogen and oxygen atoms in total. The predicted octanol–water partition coefficient (Wildman–Crippen LogP) is -0.908. The summed E-state index contributed by atoms with van der Waals surface area (Å²) >= 11 is 11.7. The Labute approximate surface area is 191 Å². The number of carbonyl (C=O) groups excluding carboxylic acids is 2. The molecule has 0 spiro atoms. The van der Waals surface area contributed by atoms with E-state index in [1.54, 1.807) is 4.57 Å². The second-order valence-corrected chi connectivity index (χ2v) is 6.17. The van der Waals surface area contributed by atoms with Crippen molar-refractivity contribution in [2.75, 3.05) is 0 Å². The fourth-order valence-electron chi connectivity index (χ4n) is 2.30. The molecule has 1 saturated heterocycles. The molecule has 1 fully saturated rings. The van der Waals surface area contributed by atoms with Crippen LogP contribution < -0.4 is 51.4 Å². The van der Waals surface area contributed by atoms with Gasteiger partial charge in [-0.3, -0.25) is 9.59 Å². The number of cyclic esters (lactones) is 2. The third kappa shape index (κ3) is 4.09. The normalized spacial score (nSPS) is 17.3. The molecule has 24 heavy (non-hydrogen) atoms. The van der Waals surface area contributed by atoms with Gasteiger partial charge in [0.25, 0.3) is 5.79 Å². The molecule has 0 amide bonds. The van der Waals surface area contributed by atoms with Crippen LogP contribution in [0, 0.1) is 5.92 Å². The van der Waals surface area contributed by atoms with Crippen molar-refractivity contribution in [3.8, 4) is 0 Å². The molecule has 0 aliphatic carbocycles. The number of fused-ring (bicyclic) bond motifs is 1. The number of nitrogens with zero attached hydrogens (tertiary/aromatic N) is 4. The summed E-state index contributed by atoms with van der Waals surface area (Å²) in [6.45, 7) is 3.29. The van der Waals surface area contributed by atoms with Crippen LogP contribution in [0.2, 0.25) is 10.4 Å². The molecule has 0 N–H and O–H groups in total. The molecule has 1 aliphatic heterocycles. The summed E-state index contributed by atoms with van der Waals surface area (Å²) < 4.78 is 11.8. The van der Waals surface area contributed by atoms with Gasteiger partial charge in [0.05, 0.1) is 6.33 Å². The molecule has 2 aromatic rings. The number of aryl methyl sites for hydroxylation is 1. The maximum absolute atomic E-state index is 11.9. The van der Waals surface area contributed by atoms with Crippen molar-refractivity contribution in [2.45, 2.75) is 32.6 Å². The molecule has 2 aromatic heterocycles. The van der Waals surface area contributed by atoms with Gasteiger partial charge in [-0.2, -0.15) is 4.98 Å². The maximum atomic E-state index is 11.9. The molecular formula is C13H13Cl2KN4O4. The zero-order valence-corrected chi connectivity index (χ0v) is 17.9. The first-order valence-corrected chi connectivity index (χ1v) is 7.52. The molecule has 0 atom stereocenters. The average Bonchev–Trinajstić information content (AvgIpc) is 2.79. The third-order valence-electron chi connectivity index (χ3n) is 3.31. The minimum absolute atomic E-state index is 0. The standard InChI is InChI=1S/C13H12Cl2N4O4.K.H/c1-13(2)22-10(20)6(11(21)23-13)3-4-19-5-16-7-8(14)17-12(15)18-9(7)19;;/h5-6H,3-4H2,1-2H3;;/q;+1;-1. The Morgan fingerprint density at radius 2 is 1.88 bits per heavy atom. The quantitative estimate of drug-likeness (QED) is 0.217. The van der Waals surface area contributed by atoms with Crippen LogP contribution in [-0.4, -0.2) is 37.2 Å². The van der Waals surface area contributed by atoms with Gasteiger partial charge in [-0.1, -0.05) is 11.6 Å². The summed E-state index contributed by atoms with van der Waals surface area (Å²) in [4.78, 5) is 35.8. The monoisotopic (exact) mass is 398 g/mol. The van der Waals surface area contributed by atoms with Gasteiger partial charge in [0.2, 0.25) is 5.28 Å². The van der Waals surface area contributed by atoms with Gasteiger partial charge in [-0.05, 0) is 18.0 Å². The van der Waals surface area contributed by atoms with E-state index >= 15 is 0 Å². The van der Waals surface area contributed by atoms with Gasteiger partial charge < -0.3 is 15.5 Å². The van der Waals surface area contributed by atoms with E-state index in [9.17, 15) is 9.59 Å². The summed E-state index contributed by atoms with van der Waals surface area (Å²) in [5.74, 6) is -3.45. The Morgan fingerprint density at radius 1 is 1.25 bits per heavy atom. The Morgan fingerprint density at radius 3 is 2.50 bits per heavy atom. The van der Waals surface area contributed by atoms with Crippen LogP contribution in [0.15, 0.2) is 6.33 Å². The van der Waals surface area contributed by atoms with Gasteiger partial charge in [-0.15, -0.1) is 0 Å². The van der Waals surface area contributed by atoms with Crippen molar-refractivity contribution in [2.24, 2.45) is 5.92 Å². The van der Waals surface area contributed by atoms with Crippen molar-refractivity contribution in [3.63, 3.8) is 0 Å². The minimum atomic E-state index is -1.24. The Balaban J connectivity index is 0.00000156. The van der Waals surface area contributed by atoms with E-state index in [2.05, 4.69) is 15.0 Å². The van der Waals surface area contributed by atoms with Crippen LogP contribution in [0.1, 0.15) is 21.7 Å². The smallest absolute Gasteiger partial charge is 1.00 e. The second kappa shape index (κ2) is 7.52. The Bertz CT molecular complexity index is 797. The summed E-state index contributed by atoms with van der Waals surface area (Å²) in [7, 11) is 0. The number of hydrogen-bond acceptors (Lipinski definition) is 7. The first-order valence-electron chi connectivity index (χ1n) is 6.76. The first kappa shape index (κ1) is 20.0. The van der Waals surface area contributed by atoms with E-state index in [4.69, 9.17) is 32.7 Å². The van der Waals surface area contributed by atoms with E-state index < -0.39 is 23.6 Å². The molecule has 1 aliphatic rings. The van der Waals surface area contributed by atoms with Gasteiger partial charge in [-0.25, -0.2) is 9.97 Å². The second-order valence-electron chi connectivity index (χ2n) is 5.48. The number of aromatic nitrogens is 4. The molecule has 0 unspecified atom stereocenters. The van der Waals surface area contributed by atoms with Gasteiger partial charge in [0.1, 0.15) is 5.52 Å². The number of ether oxygens (including phenoxy) is 2. The number of rotatable bonds is 3. The topological polar surface area (TPSA) is 96.2 Å². The molecule has 3 heterocycles. The van der Waals surface area contributed by atoms with E-state index in [-0.39, 0.29) is 76.2 Å². The summed E-state index contributed by atoms with van der Waals surface area (Å²) in [5.41, 5.74) is 0.818. The predicted molar refractivity (Wildman–Crippen MR) is 80.8 cm³/mol. The van der Waals surface area contributed by atoms with Gasteiger partial charge >= 0.3 is 63.3 Å². The molecule has 0 bridgehead atoms. The number of hydrogen-bond donors (Lipinski definition) is 0. The molecule has 11 heteroatoms. The number of esters is 2. The summed E-state index contributed by atoms with van der Waals surface area (Å²) in [5, 5.41) is 0.125. The van der Waals surface area contributed by atoms with E-state index in [0.717, 1.165) is 0 Å². The average molecular weight is 399 g/mol.